The summed E-state index contributed by atoms with van der Waals surface area (Å²) in [5.74, 6) is 0.876. The first-order chi connectivity index (χ1) is 9.33. The van der Waals surface area contributed by atoms with Crippen molar-refractivity contribution in [2.45, 2.75) is 39.8 Å². The summed E-state index contributed by atoms with van der Waals surface area (Å²) in [7, 11) is 0. The van der Waals surface area contributed by atoms with Gasteiger partial charge in [-0.05, 0) is 27.7 Å². The minimum absolute atomic E-state index is 0.0776. The number of aryl methyl sites for hydroxylation is 1. The summed E-state index contributed by atoms with van der Waals surface area (Å²) >= 11 is 0. The fourth-order valence-corrected chi connectivity index (χ4v) is 2.08. The number of urea groups is 1. The van der Waals surface area contributed by atoms with E-state index in [-0.39, 0.29) is 12.5 Å². The molecule has 0 atom stereocenters. The maximum absolute atomic E-state index is 12.1. The largest absolute Gasteiger partial charge is 0.370 e. The molecule has 2 rings (SSSR count). The van der Waals surface area contributed by atoms with Crippen molar-refractivity contribution in [2.24, 2.45) is 0 Å². The molecule has 2 N–H and O–H groups in total. The SMILES string of the molecule is CCNc1cc(C)nc(CN2C(=O)NC(C)(C)C2=O)n1. The Morgan fingerprint density at radius 3 is 2.60 bits per heavy atom. The van der Waals surface area contributed by atoms with E-state index in [2.05, 4.69) is 20.6 Å². The maximum atomic E-state index is 12.1. The summed E-state index contributed by atoms with van der Waals surface area (Å²) in [6.45, 7) is 7.99. The number of carbonyl (C=O) groups is 2. The van der Waals surface area contributed by atoms with E-state index in [0.29, 0.717) is 11.6 Å². The van der Waals surface area contributed by atoms with E-state index in [1.807, 2.05) is 19.9 Å². The van der Waals surface area contributed by atoms with Crippen LogP contribution in [0, 0.1) is 6.92 Å². The van der Waals surface area contributed by atoms with Crippen molar-refractivity contribution >= 4 is 17.8 Å². The molecule has 7 heteroatoms. The van der Waals surface area contributed by atoms with E-state index in [1.165, 1.54) is 0 Å². The third-order valence-corrected chi connectivity index (χ3v) is 3.00. The van der Waals surface area contributed by atoms with E-state index >= 15 is 0 Å². The summed E-state index contributed by atoms with van der Waals surface area (Å²) in [5, 5.41) is 5.73. The van der Waals surface area contributed by atoms with Gasteiger partial charge in [0.1, 0.15) is 11.4 Å². The number of hydrogen-bond donors (Lipinski definition) is 2. The lowest BCUT2D eigenvalue weighted by Crippen LogP contribution is -2.40. The molecule has 0 unspecified atom stereocenters. The number of nitrogens with zero attached hydrogens (tertiary/aromatic N) is 3. The molecule has 0 radical (unpaired) electrons. The van der Waals surface area contributed by atoms with Crippen LogP contribution in [0.1, 0.15) is 32.3 Å². The second-order valence-corrected chi connectivity index (χ2v) is 5.29. The number of anilines is 1. The zero-order valence-electron chi connectivity index (χ0n) is 12.1. The minimum atomic E-state index is -0.870. The van der Waals surface area contributed by atoms with Gasteiger partial charge in [0.15, 0.2) is 5.82 Å². The molecule has 2 heterocycles. The monoisotopic (exact) mass is 277 g/mol. The lowest BCUT2D eigenvalue weighted by atomic mass is 10.1. The smallest absolute Gasteiger partial charge is 0.325 e. The lowest BCUT2D eigenvalue weighted by Gasteiger charge is -2.15. The van der Waals surface area contributed by atoms with Gasteiger partial charge in [0.05, 0.1) is 6.54 Å². The molecule has 1 saturated heterocycles. The van der Waals surface area contributed by atoms with Crippen LogP contribution in [-0.2, 0) is 11.3 Å². The van der Waals surface area contributed by atoms with Crippen LogP contribution in [0.3, 0.4) is 0 Å². The maximum Gasteiger partial charge on any atom is 0.325 e. The van der Waals surface area contributed by atoms with Crippen LogP contribution in [0.4, 0.5) is 10.6 Å². The Labute approximate surface area is 117 Å². The molecule has 0 spiro atoms. The molecular formula is C13H19N5O2. The van der Waals surface area contributed by atoms with Crippen molar-refractivity contribution in [3.8, 4) is 0 Å². The number of amides is 3. The number of carbonyl (C=O) groups excluding carboxylic acids is 2. The highest BCUT2D eigenvalue weighted by molar-refractivity contribution is 6.06. The number of nitrogens with one attached hydrogen (secondary N) is 2. The molecule has 0 aromatic carbocycles. The third kappa shape index (κ3) is 2.71. The average molecular weight is 277 g/mol. The molecule has 20 heavy (non-hydrogen) atoms. The van der Waals surface area contributed by atoms with Gasteiger partial charge in [-0.15, -0.1) is 0 Å². The first-order valence-corrected chi connectivity index (χ1v) is 6.56. The number of hydrogen-bond acceptors (Lipinski definition) is 5. The van der Waals surface area contributed by atoms with Crippen molar-refractivity contribution in [3.63, 3.8) is 0 Å². The topological polar surface area (TPSA) is 87.2 Å². The lowest BCUT2D eigenvalue weighted by molar-refractivity contribution is -0.130. The van der Waals surface area contributed by atoms with Crippen LogP contribution in [0.5, 0.6) is 0 Å². The van der Waals surface area contributed by atoms with Gasteiger partial charge in [0.2, 0.25) is 0 Å². The standard InChI is InChI=1S/C13H19N5O2/c1-5-14-9-6-8(2)15-10(16-9)7-18-11(19)13(3,4)17-12(18)20/h6H,5,7H2,1-4H3,(H,17,20)(H,14,15,16). The van der Waals surface area contributed by atoms with Crippen molar-refractivity contribution in [1.29, 1.82) is 0 Å². The van der Waals surface area contributed by atoms with Gasteiger partial charge in [0, 0.05) is 18.3 Å². The highest BCUT2D eigenvalue weighted by atomic mass is 16.2. The van der Waals surface area contributed by atoms with Crippen LogP contribution < -0.4 is 10.6 Å². The van der Waals surface area contributed by atoms with Gasteiger partial charge < -0.3 is 10.6 Å². The first kappa shape index (κ1) is 14.2. The molecule has 3 amide bonds. The zero-order chi connectivity index (χ0) is 14.9. The molecule has 108 valence electrons. The highest BCUT2D eigenvalue weighted by Gasteiger charge is 2.44. The molecule has 1 fully saturated rings. The predicted molar refractivity (Wildman–Crippen MR) is 74.1 cm³/mol. The van der Waals surface area contributed by atoms with Gasteiger partial charge in [-0.2, -0.15) is 0 Å². The Hall–Kier alpha value is -2.18. The molecule has 0 saturated carbocycles. The van der Waals surface area contributed by atoms with Crippen molar-refractivity contribution in [2.75, 3.05) is 11.9 Å². The quantitative estimate of drug-likeness (QED) is 0.803. The predicted octanol–water partition coefficient (Wildman–Crippen LogP) is 1.05. The van der Waals surface area contributed by atoms with Crippen LogP contribution >= 0.6 is 0 Å². The Balaban J connectivity index is 2.22. The molecule has 1 aliphatic heterocycles. The van der Waals surface area contributed by atoms with Gasteiger partial charge in [-0.3, -0.25) is 9.69 Å². The average Bonchev–Trinajstić information content (AvgIpc) is 2.51. The van der Waals surface area contributed by atoms with Crippen LogP contribution in [0.2, 0.25) is 0 Å². The normalized spacial score (nSPS) is 17.3. The molecule has 1 aromatic heterocycles. The van der Waals surface area contributed by atoms with Gasteiger partial charge in [0.25, 0.3) is 5.91 Å². The third-order valence-electron chi connectivity index (χ3n) is 3.00. The van der Waals surface area contributed by atoms with Crippen molar-refractivity contribution < 1.29 is 9.59 Å². The van der Waals surface area contributed by atoms with E-state index < -0.39 is 11.6 Å². The van der Waals surface area contributed by atoms with Gasteiger partial charge >= 0.3 is 6.03 Å². The summed E-state index contributed by atoms with van der Waals surface area (Å²) in [6, 6.07) is 1.41. The van der Waals surface area contributed by atoms with Crippen molar-refractivity contribution in [3.05, 3.63) is 17.6 Å². The van der Waals surface area contributed by atoms with Crippen molar-refractivity contribution in [1.82, 2.24) is 20.2 Å². The highest BCUT2D eigenvalue weighted by Crippen LogP contribution is 2.18. The van der Waals surface area contributed by atoms with E-state index in [0.717, 1.165) is 17.1 Å². The Morgan fingerprint density at radius 2 is 2.05 bits per heavy atom. The molecule has 1 aliphatic rings. The number of imide groups is 1. The van der Waals surface area contributed by atoms with E-state index in [4.69, 9.17) is 0 Å². The van der Waals surface area contributed by atoms with Crippen LogP contribution in [0.15, 0.2) is 6.07 Å². The zero-order valence-corrected chi connectivity index (χ0v) is 12.1. The molecule has 1 aromatic rings. The van der Waals surface area contributed by atoms with Gasteiger partial charge in [-0.25, -0.2) is 14.8 Å². The summed E-state index contributed by atoms with van der Waals surface area (Å²) < 4.78 is 0. The number of aromatic nitrogens is 2. The molecular weight excluding hydrogens is 258 g/mol. The second-order valence-electron chi connectivity index (χ2n) is 5.29. The molecule has 0 bridgehead atoms. The summed E-state index contributed by atoms with van der Waals surface area (Å²) in [6.07, 6.45) is 0. The van der Waals surface area contributed by atoms with E-state index in [1.54, 1.807) is 13.8 Å². The number of rotatable bonds is 4. The Kier molecular flexibility index (Phi) is 3.61. The fourth-order valence-electron chi connectivity index (χ4n) is 2.08. The first-order valence-electron chi connectivity index (χ1n) is 6.56. The Morgan fingerprint density at radius 1 is 1.35 bits per heavy atom. The molecule has 7 nitrogen and oxygen atoms in total. The fraction of sp³-hybridized carbons (Fsp3) is 0.538. The van der Waals surface area contributed by atoms with Crippen LogP contribution in [0.25, 0.3) is 0 Å². The van der Waals surface area contributed by atoms with E-state index in [9.17, 15) is 9.59 Å². The summed E-state index contributed by atoms with van der Waals surface area (Å²) in [5.41, 5.74) is -0.0805. The van der Waals surface area contributed by atoms with Gasteiger partial charge in [-0.1, -0.05) is 0 Å². The summed E-state index contributed by atoms with van der Waals surface area (Å²) in [4.78, 5) is 33.7. The minimum Gasteiger partial charge on any atom is -0.370 e. The van der Waals surface area contributed by atoms with Crippen LogP contribution in [-0.4, -0.2) is 38.9 Å². The Bertz CT molecular complexity index is 556. The second kappa shape index (κ2) is 5.07. The molecule has 0 aliphatic carbocycles.